The first-order chi connectivity index (χ1) is 8.72. The maximum Gasteiger partial charge on any atom is 0.322 e. The molecule has 1 aromatic rings. The number of ether oxygens (including phenoxy) is 1. The molecule has 0 aliphatic heterocycles. The lowest BCUT2D eigenvalue weighted by Crippen LogP contribution is -2.27. The number of halogens is 1. The summed E-state index contributed by atoms with van der Waals surface area (Å²) in [6, 6.07) is 0.320. The van der Waals surface area contributed by atoms with Gasteiger partial charge in [-0.25, -0.2) is 0 Å². The minimum absolute atomic E-state index is 0.195. The van der Waals surface area contributed by atoms with Crippen molar-refractivity contribution in [2.45, 2.75) is 33.1 Å². The highest BCUT2D eigenvalue weighted by Crippen LogP contribution is 2.30. The summed E-state index contributed by atoms with van der Waals surface area (Å²) in [7, 11) is 0. The summed E-state index contributed by atoms with van der Waals surface area (Å²) < 4.78 is 5.42. The van der Waals surface area contributed by atoms with Crippen LogP contribution < -0.4 is 9.64 Å². The van der Waals surface area contributed by atoms with Gasteiger partial charge in [0.05, 0.1) is 6.61 Å². The summed E-state index contributed by atoms with van der Waals surface area (Å²) in [6.07, 6.45) is 3.52. The predicted octanol–water partition coefficient (Wildman–Crippen LogP) is 2.55. The molecule has 0 bridgehead atoms. The first-order valence-corrected chi connectivity index (χ1v) is 6.90. The van der Waals surface area contributed by atoms with E-state index in [0.717, 1.165) is 25.4 Å². The lowest BCUT2D eigenvalue weighted by atomic mass is 10.4. The maximum atomic E-state index is 5.91. The number of hydrogen-bond acceptors (Lipinski definition) is 5. The molecule has 0 radical (unpaired) electrons. The highest BCUT2D eigenvalue weighted by atomic mass is 35.5. The molecule has 18 heavy (non-hydrogen) atoms. The Hall–Kier alpha value is -1.10. The van der Waals surface area contributed by atoms with Crippen LogP contribution in [0, 0.1) is 5.92 Å². The van der Waals surface area contributed by atoms with Crippen LogP contribution in [0.5, 0.6) is 6.01 Å². The van der Waals surface area contributed by atoms with Crippen molar-refractivity contribution in [3.8, 4) is 6.01 Å². The van der Waals surface area contributed by atoms with Crippen LogP contribution >= 0.6 is 11.6 Å². The third-order valence-electron chi connectivity index (χ3n) is 2.85. The molecule has 0 unspecified atom stereocenters. The van der Waals surface area contributed by atoms with E-state index in [2.05, 4.69) is 26.8 Å². The van der Waals surface area contributed by atoms with Gasteiger partial charge in [-0.2, -0.15) is 15.0 Å². The topological polar surface area (TPSA) is 51.1 Å². The zero-order chi connectivity index (χ0) is 13.0. The van der Waals surface area contributed by atoms with Crippen molar-refractivity contribution in [3.05, 3.63) is 5.28 Å². The SMILES string of the molecule is CCCOc1nc(Cl)nc(N(CC)CC2CC2)n1. The first kappa shape index (κ1) is 13.3. The Morgan fingerprint density at radius 1 is 1.28 bits per heavy atom. The van der Waals surface area contributed by atoms with Gasteiger partial charge in [0.2, 0.25) is 11.2 Å². The van der Waals surface area contributed by atoms with Crippen LogP contribution in [0.25, 0.3) is 0 Å². The Morgan fingerprint density at radius 2 is 2.06 bits per heavy atom. The number of nitrogens with zero attached hydrogens (tertiary/aromatic N) is 4. The molecule has 5 nitrogen and oxygen atoms in total. The van der Waals surface area contributed by atoms with Gasteiger partial charge in [0, 0.05) is 13.1 Å². The molecule has 0 saturated heterocycles. The first-order valence-electron chi connectivity index (χ1n) is 6.52. The summed E-state index contributed by atoms with van der Waals surface area (Å²) in [4.78, 5) is 14.6. The Bertz CT molecular complexity index is 398. The van der Waals surface area contributed by atoms with Crippen LogP contribution in [0.1, 0.15) is 33.1 Å². The highest BCUT2D eigenvalue weighted by Gasteiger charge is 2.25. The van der Waals surface area contributed by atoms with E-state index in [9.17, 15) is 0 Å². The molecule has 6 heteroatoms. The van der Waals surface area contributed by atoms with Gasteiger partial charge >= 0.3 is 6.01 Å². The molecule has 1 aliphatic rings. The fraction of sp³-hybridized carbons (Fsp3) is 0.750. The average Bonchev–Trinajstić information content (AvgIpc) is 3.16. The molecule has 1 aliphatic carbocycles. The van der Waals surface area contributed by atoms with Gasteiger partial charge < -0.3 is 9.64 Å². The molecule has 0 N–H and O–H groups in total. The number of anilines is 1. The van der Waals surface area contributed by atoms with E-state index in [-0.39, 0.29) is 5.28 Å². The number of hydrogen-bond donors (Lipinski definition) is 0. The minimum atomic E-state index is 0.195. The Balaban J connectivity index is 2.10. The van der Waals surface area contributed by atoms with Crippen LogP contribution in [0.4, 0.5) is 5.95 Å². The van der Waals surface area contributed by atoms with Crippen molar-refractivity contribution in [2.75, 3.05) is 24.6 Å². The standard InChI is InChI=1S/C12H19ClN4O/c1-3-7-18-12-15-10(13)14-11(16-12)17(4-2)8-9-5-6-9/h9H,3-8H2,1-2H3. The largest absolute Gasteiger partial charge is 0.463 e. The molecule has 1 aromatic heterocycles. The molecule has 1 fully saturated rings. The lowest BCUT2D eigenvalue weighted by Gasteiger charge is -2.20. The Morgan fingerprint density at radius 3 is 2.67 bits per heavy atom. The lowest BCUT2D eigenvalue weighted by molar-refractivity contribution is 0.291. The van der Waals surface area contributed by atoms with E-state index < -0.39 is 0 Å². The summed E-state index contributed by atoms with van der Waals surface area (Å²) in [6.45, 7) is 6.57. The predicted molar refractivity (Wildman–Crippen MR) is 71.2 cm³/mol. The minimum Gasteiger partial charge on any atom is -0.463 e. The van der Waals surface area contributed by atoms with Crippen molar-refractivity contribution in [1.82, 2.24) is 15.0 Å². The van der Waals surface area contributed by atoms with Gasteiger partial charge in [0.15, 0.2) is 0 Å². The van der Waals surface area contributed by atoms with Crippen molar-refractivity contribution in [3.63, 3.8) is 0 Å². The molecule has 0 atom stereocenters. The quantitative estimate of drug-likeness (QED) is 0.762. The van der Waals surface area contributed by atoms with Crippen molar-refractivity contribution >= 4 is 17.5 Å². The van der Waals surface area contributed by atoms with Crippen LogP contribution in [0.2, 0.25) is 5.28 Å². The molecule has 0 amide bonds. The third-order valence-corrected chi connectivity index (χ3v) is 3.02. The summed E-state index contributed by atoms with van der Waals surface area (Å²) in [5.41, 5.74) is 0. The second-order valence-corrected chi connectivity index (χ2v) is 4.86. The zero-order valence-corrected chi connectivity index (χ0v) is 11.7. The summed E-state index contributed by atoms with van der Waals surface area (Å²) >= 11 is 5.91. The van der Waals surface area contributed by atoms with Crippen LogP contribution in [0.15, 0.2) is 0 Å². The third kappa shape index (κ3) is 3.70. The molecule has 2 rings (SSSR count). The second kappa shape index (κ2) is 6.18. The van der Waals surface area contributed by atoms with E-state index in [1.807, 2.05) is 6.92 Å². The van der Waals surface area contributed by atoms with Gasteiger partial charge in [0.25, 0.3) is 0 Å². The van der Waals surface area contributed by atoms with Gasteiger partial charge in [-0.05, 0) is 43.7 Å². The normalized spacial score (nSPS) is 14.6. The van der Waals surface area contributed by atoms with E-state index in [1.165, 1.54) is 12.8 Å². The van der Waals surface area contributed by atoms with E-state index in [1.54, 1.807) is 0 Å². The molecule has 100 valence electrons. The van der Waals surface area contributed by atoms with Gasteiger partial charge in [-0.1, -0.05) is 6.92 Å². The van der Waals surface area contributed by atoms with Crippen molar-refractivity contribution in [1.29, 1.82) is 0 Å². The number of rotatable bonds is 7. The summed E-state index contributed by atoms with van der Waals surface area (Å²) in [5.74, 6) is 1.40. The molecule has 1 heterocycles. The Labute approximate surface area is 113 Å². The monoisotopic (exact) mass is 270 g/mol. The fourth-order valence-electron chi connectivity index (χ4n) is 1.69. The second-order valence-electron chi connectivity index (χ2n) is 4.52. The van der Waals surface area contributed by atoms with Gasteiger partial charge in [-0.3, -0.25) is 0 Å². The van der Waals surface area contributed by atoms with Crippen molar-refractivity contribution in [2.24, 2.45) is 5.92 Å². The van der Waals surface area contributed by atoms with E-state index in [4.69, 9.17) is 16.3 Å². The molecule has 1 saturated carbocycles. The summed E-state index contributed by atoms with van der Waals surface area (Å²) in [5, 5.41) is 0.195. The zero-order valence-electron chi connectivity index (χ0n) is 10.9. The maximum absolute atomic E-state index is 5.91. The van der Waals surface area contributed by atoms with Crippen LogP contribution in [-0.2, 0) is 0 Å². The molecule has 0 spiro atoms. The highest BCUT2D eigenvalue weighted by molar-refractivity contribution is 6.28. The number of aromatic nitrogens is 3. The average molecular weight is 271 g/mol. The van der Waals surface area contributed by atoms with E-state index >= 15 is 0 Å². The van der Waals surface area contributed by atoms with Gasteiger partial charge in [0.1, 0.15) is 0 Å². The van der Waals surface area contributed by atoms with E-state index in [0.29, 0.717) is 18.6 Å². The van der Waals surface area contributed by atoms with Crippen molar-refractivity contribution < 1.29 is 4.74 Å². The smallest absolute Gasteiger partial charge is 0.322 e. The molecule has 0 aromatic carbocycles. The van der Waals surface area contributed by atoms with Crippen LogP contribution in [-0.4, -0.2) is 34.6 Å². The molecular formula is C12H19ClN4O. The fourth-order valence-corrected chi connectivity index (χ4v) is 1.83. The Kier molecular flexibility index (Phi) is 4.58. The van der Waals surface area contributed by atoms with Gasteiger partial charge in [-0.15, -0.1) is 0 Å². The van der Waals surface area contributed by atoms with Crippen LogP contribution in [0.3, 0.4) is 0 Å². The molecular weight excluding hydrogens is 252 g/mol.